The van der Waals surface area contributed by atoms with Gasteiger partial charge in [0.1, 0.15) is 5.65 Å². The number of esters is 1. The summed E-state index contributed by atoms with van der Waals surface area (Å²) in [7, 11) is 2.90. The van der Waals surface area contributed by atoms with E-state index in [1.807, 2.05) is 44.2 Å². The zero-order chi connectivity index (χ0) is 22.4. The number of aromatic nitrogens is 2. The van der Waals surface area contributed by atoms with Gasteiger partial charge in [0.2, 0.25) is 0 Å². The van der Waals surface area contributed by atoms with Crippen LogP contribution < -0.4 is 15.0 Å². The Morgan fingerprint density at radius 2 is 1.94 bits per heavy atom. The summed E-state index contributed by atoms with van der Waals surface area (Å²) in [4.78, 5) is 29.7. The number of hydrogen-bond donors (Lipinski definition) is 0. The van der Waals surface area contributed by atoms with Gasteiger partial charge in [-0.2, -0.15) is 0 Å². The Labute approximate surface area is 180 Å². The summed E-state index contributed by atoms with van der Waals surface area (Å²) in [6, 6.07) is 8.87. The van der Waals surface area contributed by atoms with Gasteiger partial charge in [-0.3, -0.25) is 9.20 Å². The molecule has 7 heteroatoms. The first-order valence-electron chi connectivity index (χ1n) is 10.2. The fraction of sp³-hybridized carbons (Fsp3) is 0.292. The molecule has 3 rings (SSSR count). The molecular formula is C24H26N2O5. The topological polar surface area (TPSA) is 79.1 Å². The lowest BCUT2D eigenvalue weighted by molar-refractivity contribution is 0.0600. The highest BCUT2D eigenvalue weighted by Crippen LogP contribution is 2.32. The molecule has 31 heavy (non-hydrogen) atoms. The fourth-order valence-electron chi connectivity index (χ4n) is 3.37. The van der Waals surface area contributed by atoms with E-state index in [9.17, 15) is 9.59 Å². The number of carbonyl (C=O) groups excluding carboxylic acids is 1. The van der Waals surface area contributed by atoms with Gasteiger partial charge >= 0.3 is 5.97 Å². The van der Waals surface area contributed by atoms with Crippen molar-refractivity contribution in [3.63, 3.8) is 0 Å². The monoisotopic (exact) mass is 422 g/mol. The van der Waals surface area contributed by atoms with Crippen LogP contribution in [0, 0.1) is 0 Å². The lowest BCUT2D eigenvalue weighted by Gasteiger charge is -2.12. The molecule has 0 radical (unpaired) electrons. The minimum absolute atomic E-state index is 0.202. The van der Waals surface area contributed by atoms with E-state index in [1.165, 1.54) is 17.7 Å². The number of carbonyl (C=O) groups is 1. The number of fused-ring (bicyclic) bond motifs is 1. The van der Waals surface area contributed by atoms with Crippen LogP contribution in [-0.2, 0) is 11.2 Å². The normalized spacial score (nSPS) is 11.1. The highest BCUT2D eigenvalue weighted by molar-refractivity contribution is 5.89. The van der Waals surface area contributed by atoms with Crippen LogP contribution in [0.3, 0.4) is 0 Å². The lowest BCUT2D eigenvalue weighted by Crippen LogP contribution is -2.22. The molecule has 1 aromatic carbocycles. The molecule has 2 heterocycles. The van der Waals surface area contributed by atoms with E-state index in [4.69, 9.17) is 14.2 Å². The van der Waals surface area contributed by atoms with Crippen molar-refractivity contribution in [2.75, 3.05) is 20.8 Å². The number of pyridine rings is 1. The average Bonchev–Trinajstić information content (AvgIpc) is 2.79. The van der Waals surface area contributed by atoms with Gasteiger partial charge in [0, 0.05) is 17.3 Å². The minimum atomic E-state index is -0.504. The molecule has 0 fully saturated rings. The molecule has 0 N–H and O–H groups in total. The van der Waals surface area contributed by atoms with Crippen LogP contribution in [0.2, 0.25) is 0 Å². The summed E-state index contributed by atoms with van der Waals surface area (Å²) < 4.78 is 17.3. The summed E-state index contributed by atoms with van der Waals surface area (Å²) in [6.45, 7) is 4.44. The molecule has 0 unspecified atom stereocenters. The fourth-order valence-corrected chi connectivity index (χ4v) is 3.37. The number of methoxy groups -OCH3 is 2. The van der Waals surface area contributed by atoms with Crippen molar-refractivity contribution in [3.05, 3.63) is 69.3 Å². The Kier molecular flexibility index (Phi) is 7.07. The van der Waals surface area contributed by atoms with E-state index in [0.29, 0.717) is 47.0 Å². The van der Waals surface area contributed by atoms with Gasteiger partial charge < -0.3 is 14.2 Å². The Bertz CT molecular complexity index is 1180. The van der Waals surface area contributed by atoms with Gasteiger partial charge in [0.25, 0.3) is 5.56 Å². The molecular weight excluding hydrogens is 396 g/mol. The molecule has 2 aromatic heterocycles. The van der Waals surface area contributed by atoms with Crippen molar-refractivity contribution < 1.29 is 19.0 Å². The quantitative estimate of drug-likeness (QED) is 0.511. The smallest absolute Gasteiger partial charge is 0.339 e. The van der Waals surface area contributed by atoms with Crippen molar-refractivity contribution in [2.24, 2.45) is 0 Å². The van der Waals surface area contributed by atoms with E-state index in [-0.39, 0.29) is 5.56 Å². The van der Waals surface area contributed by atoms with Crippen LogP contribution in [-0.4, -0.2) is 36.2 Å². The summed E-state index contributed by atoms with van der Waals surface area (Å²) in [5.74, 6) is 0.775. The summed E-state index contributed by atoms with van der Waals surface area (Å²) in [5, 5.41) is 0. The number of para-hydroxylation sites is 1. The second kappa shape index (κ2) is 9.93. The lowest BCUT2D eigenvalue weighted by atomic mass is 10.1. The van der Waals surface area contributed by atoms with E-state index in [0.717, 1.165) is 12.0 Å². The summed E-state index contributed by atoms with van der Waals surface area (Å²) in [6.07, 6.45) is 6.49. The third kappa shape index (κ3) is 4.60. The highest BCUT2D eigenvalue weighted by Gasteiger charge is 2.14. The van der Waals surface area contributed by atoms with E-state index in [2.05, 4.69) is 4.98 Å². The van der Waals surface area contributed by atoms with Crippen LogP contribution in [0.25, 0.3) is 17.8 Å². The van der Waals surface area contributed by atoms with Gasteiger partial charge in [-0.25, -0.2) is 9.78 Å². The van der Waals surface area contributed by atoms with Gasteiger partial charge in [-0.1, -0.05) is 25.5 Å². The van der Waals surface area contributed by atoms with Crippen LogP contribution in [0.5, 0.6) is 11.5 Å². The van der Waals surface area contributed by atoms with Crippen LogP contribution in [0.4, 0.5) is 0 Å². The standard InChI is InChI=1S/C24H26N2O5/c1-5-8-18-19(13-11-16-9-7-10-20(31-6-2)22(16)29-3)25-21-14-12-17(24(28)30-4)15-26(21)23(18)27/h7,9-15H,5-6,8H2,1-4H3. The maximum Gasteiger partial charge on any atom is 0.339 e. The largest absolute Gasteiger partial charge is 0.492 e. The number of rotatable bonds is 8. The van der Waals surface area contributed by atoms with Crippen molar-refractivity contribution >= 4 is 23.8 Å². The molecule has 0 spiro atoms. The first-order valence-corrected chi connectivity index (χ1v) is 10.2. The van der Waals surface area contributed by atoms with Gasteiger partial charge in [0.05, 0.1) is 32.1 Å². The zero-order valence-corrected chi connectivity index (χ0v) is 18.2. The van der Waals surface area contributed by atoms with E-state index >= 15 is 0 Å². The van der Waals surface area contributed by atoms with E-state index in [1.54, 1.807) is 19.2 Å². The van der Waals surface area contributed by atoms with Gasteiger partial charge in [-0.05, 0) is 43.7 Å². The molecule has 0 amide bonds. The molecule has 3 aromatic rings. The Balaban J connectivity index is 2.12. The number of nitrogens with zero attached hydrogens (tertiary/aromatic N) is 2. The van der Waals surface area contributed by atoms with Crippen molar-refractivity contribution in [1.29, 1.82) is 0 Å². The predicted octanol–water partition coefficient (Wildman–Crippen LogP) is 4.01. The Hall–Kier alpha value is -3.61. The van der Waals surface area contributed by atoms with Crippen LogP contribution in [0.1, 0.15) is 47.4 Å². The second-order valence-electron chi connectivity index (χ2n) is 6.81. The molecule has 0 atom stereocenters. The maximum atomic E-state index is 13.2. The molecule has 162 valence electrons. The van der Waals surface area contributed by atoms with Gasteiger partial charge in [0.15, 0.2) is 11.5 Å². The van der Waals surface area contributed by atoms with E-state index < -0.39 is 5.97 Å². The summed E-state index contributed by atoms with van der Waals surface area (Å²) in [5.41, 5.74) is 2.53. The average molecular weight is 422 g/mol. The van der Waals surface area contributed by atoms with Crippen LogP contribution in [0.15, 0.2) is 41.3 Å². The first-order chi connectivity index (χ1) is 15.0. The molecule has 0 saturated carbocycles. The SMILES string of the molecule is CCCc1c(C=Cc2cccc(OCC)c2OC)nc2ccc(C(=O)OC)cn2c1=O. The molecule has 7 nitrogen and oxygen atoms in total. The second-order valence-corrected chi connectivity index (χ2v) is 6.81. The molecule has 0 aliphatic heterocycles. The van der Waals surface area contributed by atoms with Crippen molar-refractivity contribution in [3.8, 4) is 11.5 Å². The molecule has 0 aliphatic rings. The first kappa shape index (κ1) is 22.1. The Morgan fingerprint density at radius 1 is 1.13 bits per heavy atom. The summed E-state index contributed by atoms with van der Waals surface area (Å²) >= 11 is 0. The third-order valence-corrected chi connectivity index (χ3v) is 4.80. The predicted molar refractivity (Wildman–Crippen MR) is 120 cm³/mol. The van der Waals surface area contributed by atoms with Crippen molar-refractivity contribution in [1.82, 2.24) is 9.38 Å². The third-order valence-electron chi connectivity index (χ3n) is 4.80. The zero-order valence-electron chi connectivity index (χ0n) is 18.2. The number of hydrogen-bond acceptors (Lipinski definition) is 6. The number of benzene rings is 1. The molecule has 0 aliphatic carbocycles. The van der Waals surface area contributed by atoms with Crippen LogP contribution >= 0.6 is 0 Å². The highest BCUT2D eigenvalue weighted by atomic mass is 16.5. The maximum absolute atomic E-state index is 13.2. The van der Waals surface area contributed by atoms with Crippen molar-refractivity contribution in [2.45, 2.75) is 26.7 Å². The molecule has 0 bridgehead atoms. The molecule has 0 saturated heterocycles. The Morgan fingerprint density at radius 3 is 2.61 bits per heavy atom. The van der Waals surface area contributed by atoms with Gasteiger partial charge in [-0.15, -0.1) is 0 Å². The number of ether oxygens (including phenoxy) is 3. The minimum Gasteiger partial charge on any atom is -0.492 e.